The third kappa shape index (κ3) is 3.10. The number of hydrogen-bond donors (Lipinski definition) is 1. The minimum absolute atomic E-state index is 0.0478. The minimum Gasteiger partial charge on any atom is -0.379 e. The second-order valence-corrected chi connectivity index (χ2v) is 4.58. The first-order valence-electron chi connectivity index (χ1n) is 6.17. The summed E-state index contributed by atoms with van der Waals surface area (Å²) in [5, 5.41) is 8.82. The summed E-state index contributed by atoms with van der Waals surface area (Å²) in [6, 6.07) is 1.67. The topological polar surface area (TPSA) is 91.1 Å². The maximum atomic E-state index is 11.7. The highest BCUT2D eigenvalue weighted by atomic mass is 16.5. The molecule has 0 aromatic carbocycles. The number of nitrogens with zero attached hydrogens (tertiary/aromatic N) is 3. The van der Waals surface area contributed by atoms with Gasteiger partial charge in [-0.1, -0.05) is 0 Å². The molecule has 7 nitrogen and oxygen atoms in total. The van der Waals surface area contributed by atoms with Crippen LogP contribution >= 0.6 is 0 Å². The van der Waals surface area contributed by atoms with Gasteiger partial charge in [0.05, 0.1) is 13.2 Å². The van der Waals surface area contributed by atoms with E-state index in [1.165, 1.54) is 10.8 Å². The van der Waals surface area contributed by atoms with Crippen molar-refractivity contribution in [2.24, 2.45) is 0 Å². The molecule has 1 aliphatic rings. The summed E-state index contributed by atoms with van der Waals surface area (Å²) in [5.74, 6) is 0. The van der Waals surface area contributed by atoms with E-state index in [-0.39, 0.29) is 11.6 Å². The molecule has 1 unspecified atom stereocenters. The van der Waals surface area contributed by atoms with Crippen molar-refractivity contribution in [2.75, 3.05) is 32.8 Å². The Morgan fingerprint density at radius 1 is 1.47 bits per heavy atom. The number of rotatable bonds is 3. The Balaban J connectivity index is 2.19. The fourth-order valence-electron chi connectivity index (χ4n) is 2.14. The molecule has 2 rings (SSSR count). The molecule has 1 aromatic rings. The van der Waals surface area contributed by atoms with Crippen molar-refractivity contribution in [3.8, 4) is 6.07 Å². The van der Waals surface area contributed by atoms with Crippen molar-refractivity contribution in [1.82, 2.24) is 14.5 Å². The van der Waals surface area contributed by atoms with Crippen LogP contribution in [0.5, 0.6) is 0 Å². The Bertz CT molecular complexity index is 592. The highest BCUT2D eigenvalue weighted by Gasteiger charge is 2.16. The molecule has 1 aromatic heterocycles. The van der Waals surface area contributed by atoms with Crippen molar-refractivity contribution in [3.05, 3.63) is 32.6 Å². The van der Waals surface area contributed by atoms with E-state index < -0.39 is 11.2 Å². The molecule has 1 atom stereocenters. The molecule has 1 saturated heterocycles. The summed E-state index contributed by atoms with van der Waals surface area (Å²) in [6.45, 7) is 5.60. The molecular formula is C12H16N4O3. The van der Waals surface area contributed by atoms with E-state index in [0.717, 1.165) is 13.1 Å². The van der Waals surface area contributed by atoms with Crippen LogP contribution in [-0.4, -0.2) is 47.3 Å². The van der Waals surface area contributed by atoms with E-state index in [9.17, 15) is 9.59 Å². The van der Waals surface area contributed by atoms with Crippen LogP contribution in [0.2, 0.25) is 0 Å². The molecule has 0 saturated carbocycles. The molecular weight excluding hydrogens is 248 g/mol. The van der Waals surface area contributed by atoms with E-state index in [0.29, 0.717) is 19.8 Å². The minimum atomic E-state index is -0.637. The number of morpholine rings is 1. The van der Waals surface area contributed by atoms with Crippen LogP contribution in [0.3, 0.4) is 0 Å². The Labute approximate surface area is 110 Å². The van der Waals surface area contributed by atoms with Gasteiger partial charge in [0.1, 0.15) is 11.6 Å². The van der Waals surface area contributed by atoms with Gasteiger partial charge in [-0.25, -0.2) is 4.79 Å². The molecule has 0 spiro atoms. The summed E-state index contributed by atoms with van der Waals surface area (Å²) in [4.78, 5) is 27.4. The van der Waals surface area contributed by atoms with Crippen molar-refractivity contribution < 1.29 is 4.74 Å². The molecule has 102 valence electrons. The first kappa shape index (κ1) is 13.5. The van der Waals surface area contributed by atoms with Gasteiger partial charge in [0.25, 0.3) is 5.56 Å². The van der Waals surface area contributed by atoms with E-state index >= 15 is 0 Å². The maximum absolute atomic E-state index is 11.7. The fraction of sp³-hybridized carbons (Fsp3) is 0.583. The summed E-state index contributed by atoms with van der Waals surface area (Å²) in [6.07, 6.45) is 1.33. The van der Waals surface area contributed by atoms with Crippen molar-refractivity contribution >= 4 is 0 Å². The third-order valence-corrected chi connectivity index (χ3v) is 3.19. The number of aromatic nitrogens is 2. The van der Waals surface area contributed by atoms with Crippen molar-refractivity contribution in [3.63, 3.8) is 0 Å². The average molecular weight is 264 g/mol. The Morgan fingerprint density at radius 3 is 2.79 bits per heavy atom. The Morgan fingerprint density at radius 2 is 2.16 bits per heavy atom. The lowest BCUT2D eigenvalue weighted by Crippen LogP contribution is -2.42. The van der Waals surface area contributed by atoms with Gasteiger partial charge < -0.3 is 4.74 Å². The predicted octanol–water partition coefficient (Wildman–Crippen LogP) is -0.699. The second kappa shape index (κ2) is 5.82. The highest BCUT2D eigenvalue weighted by molar-refractivity contribution is 5.21. The monoisotopic (exact) mass is 264 g/mol. The van der Waals surface area contributed by atoms with Gasteiger partial charge in [-0.3, -0.25) is 19.2 Å². The lowest BCUT2D eigenvalue weighted by Gasteiger charge is -2.29. The fourth-order valence-corrected chi connectivity index (χ4v) is 2.14. The average Bonchev–Trinajstić information content (AvgIpc) is 2.40. The Hall–Kier alpha value is -1.91. The van der Waals surface area contributed by atoms with Crippen LogP contribution < -0.4 is 11.2 Å². The molecule has 0 bridgehead atoms. The molecule has 0 radical (unpaired) electrons. The number of ether oxygens (including phenoxy) is 1. The standard InChI is InChI=1S/C12H16N4O3/c1-9(7-15-2-4-19-5-3-15)16-8-10(6-13)11(17)14-12(16)18/h8-9H,2-5,7H2,1H3,(H,14,17,18). The van der Waals surface area contributed by atoms with E-state index in [1.54, 1.807) is 6.07 Å². The van der Waals surface area contributed by atoms with Crippen molar-refractivity contribution in [2.45, 2.75) is 13.0 Å². The lowest BCUT2D eigenvalue weighted by molar-refractivity contribution is 0.0323. The molecule has 1 fully saturated rings. The summed E-state index contributed by atoms with van der Waals surface area (Å²) >= 11 is 0. The number of nitriles is 1. The van der Waals surface area contributed by atoms with Gasteiger partial charge in [-0.05, 0) is 6.92 Å². The van der Waals surface area contributed by atoms with Crippen LogP contribution in [0.15, 0.2) is 15.8 Å². The quantitative estimate of drug-likeness (QED) is 0.779. The predicted molar refractivity (Wildman–Crippen MR) is 68.0 cm³/mol. The van der Waals surface area contributed by atoms with E-state index in [4.69, 9.17) is 10.00 Å². The number of aromatic amines is 1. The van der Waals surface area contributed by atoms with Crippen LogP contribution in [0.1, 0.15) is 18.5 Å². The zero-order valence-electron chi connectivity index (χ0n) is 10.8. The molecule has 1 aliphatic heterocycles. The van der Waals surface area contributed by atoms with Crippen molar-refractivity contribution in [1.29, 1.82) is 5.26 Å². The SMILES string of the molecule is CC(CN1CCOCC1)n1cc(C#N)c(=O)[nH]c1=O. The first-order valence-corrected chi connectivity index (χ1v) is 6.17. The summed E-state index contributed by atoms with van der Waals surface area (Å²) in [7, 11) is 0. The van der Waals surface area contributed by atoms with Gasteiger partial charge in [0.2, 0.25) is 0 Å². The van der Waals surface area contributed by atoms with E-state index in [2.05, 4.69) is 9.88 Å². The van der Waals surface area contributed by atoms with Gasteiger partial charge in [-0.2, -0.15) is 5.26 Å². The van der Waals surface area contributed by atoms with Crippen LogP contribution in [0, 0.1) is 11.3 Å². The first-order chi connectivity index (χ1) is 9.11. The molecule has 2 heterocycles. The molecule has 19 heavy (non-hydrogen) atoms. The molecule has 0 amide bonds. The highest BCUT2D eigenvalue weighted by Crippen LogP contribution is 2.07. The van der Waals surface area contributed by atoms with Crippen LogP contribution in [-0.2, 0) is 4.74 Å². The molecule has 1 N–H and O–H groups in total. The number of H-pyrrole nitrogens is 1. The van der Waals surface area contributed by atoms with Crippen LogP contribution in [0.4, 0.5) is 0 Å². The van der Waals surface area contributed by atoms with Gasteiger partial charge in [0, 0.05) is 31.9 Å². The van der Waals surface area contributed by atoms with E-state index in [1.807, 2.05) is 6.92 Å². The summed E-state index contributed by atoms with van der Waals surface area (Å²) in [5.41, 5.74) is -1.17. The zero-order valence-corrected chi connectivity index (χ0v) is 10.8. The summed E-state index contributed by atoms with van der Waals surface area (Å²) < 4.78 is 6.66. The lowest BCUT2D eigenvalue weighted by atomic mass is 10.2. The second-order valence-electron chi connectivity index (χ2n) is 4.58. The van der Waals surface area contributed by atoms with Crippen LogP contribution in [0.25, 0.3) is 0 Å². The normalized spacial score (nSPS) is 17.9. The maximum Gasteiger partial charge on any atom is 0.328 e. The Kier molecular flexibility index (Phi) is 4.14. The number of nitrogens with one attached hydrogen (secondary N) is 1. The molecule has 7 heteroatoms. The van der Waals surface area contributed by atoms with Gasteiger partial charge >= 0.3 is 5.69 Å². The third-order valence-electron chi connectivity index (χ3n) is 3.19. The number of hydrogen-bond acceptors (Lipinski definition) is 5. The molecule has 0 aliphatic carbocycles. The zero-order chi connectivity index (χ0) is 13.8. The van der Waals surface area contributed by atoms with Gasteiger partial charge in [0.15, 0.2) is 0 Å². The smallest absolute Gasteiger partial charge is 0.328 e. The largest absolute Gasteiger partial charge is 0.379 e. The van der Waals surface area contributed by atoms with Gasteiger partial charge in [-0.15, -0.1) is 0 Å².